The number of nitrogens with two attached hydrogens (primary N) is 1. The maximum absolute atomic E-state index is 13.0. The Labute approximate surface area is 89.2 Å². The van der Waals surface area contributed by atoms with E-state index in [1.54, 1.807) is 12.1 Å². The van der Waals surface area contributed by atoms with Crippen molar-refractivity contribution in [2.45, 2.75) is 31.8 Å². The second-order valence-electron chi connectivity index (χ2n) is 4.37. The molecule has 82 valence electrons. The Hall–Kier alpha value is -1.09. The van der Waals surface area contributed by atoms with Crippen LogP contribution in [0.1, 0.15) is 25.3 Å². The van der Waals surface area contributed by atoms with Crippen LogP contribution in [-0.2, 0) is 6.42 Å². The Kier molecular flexibility index (Phi) is 2.65. The van der Waals surface area contributed by atoms with Gasteiger partial charge in [-0.15, -0.1) is 0 Å². The minimum Gasteiger partial charge on any atom is -0.487 e. The van der Waals surface area contributed by atoms with Crippen molar-refractivity contribution in [2.75, 3.05) is 6.54 Å². The van der Waals surface area contributed by atoms with Crippen molar-refractivity contribution in [3.05, 3.63) is 29.6 Å². The molecule has 0 spiro atoms. The number of fused-ring (bicyclic) bond motifs is 1. The third-order valence-corrected chi connectivity index (χ3v) is 2.85. The molecule has 0 fully saturated rings. The monoisotopic (exact) mass is 209 g/mol. The summed E-state index contributed by atoms with van der Waals surface area (Å²) in [4.78, 5) is 0. The molecular weight excluding hydrogens is 193 g/mol. The van der Waals surface area contributed by atoms with E-state index in [-0.39, 0.29) is 11.4 Å². The van der Waals surface area contributed by atoms with Crippen LogP contribution in [0.4, 0.5) is 4.39 Å². The lowest BCUT2D eigenvalue weighted by atomic mass is 9.94. The van der Waals surface area contributed by atoms with Crippen LogP contribution in [0.15, 0.2) is 18.2 Å². The SMILES string of the molecule is CC1(CCCN)Cc2cc(F)ccc2O1. The van der Waals surface area contributed by atoms with E-state index in [1.165, 1.54) is 6.07 Å². The van der Waals surface area contributed by atoms with Crippen LogP contribution in [0.25, 0.3) is 0 Å². The average Bonchev–Trinajstić information content (AvgIpc) is 2.51. The minimum atomic E-state index is -0.199. The normalized spacial score (nSPS) is 23.7. The molecule has 1 atom stereocenters. The predicted molar refractivity (Wildman–Crippen MR) is 57.4 cm³/mol. The highest BCUT2D eigenvalue weighted by Crippen LogP contribution is 2.37. The number of benzene rings is 1. The summed E-state index contributed by atoms with van der Waals surface area (Å²) in [7, 11) is 0. The number of hydrogen-bond donors (Lipinski definition) is 1. The molecular formula is C12H16FNO. The van der Waals surface area contributed by atoms with Gasteiger partial charge in [0.15, 0.2) is 0 Å². The molecule has 1 aliphatic heterocycles. The first-order chi connectivity index (χ1) is 7.13. The molecule has 1 aliphatic rings. The van der Waals surface area contributed by atoms with E-state index in [9.17, 15) is 4.39 Å². The largest absolute Gasteiger partial charge is 0.487 e. The summed E-state index contributed by atoms with van der Waals surface area (Å²) in [6.07, 6.45) is 2.63. The standard InChI is InChI=1S/C12H16FNO/c1-12(5-2-6-14)8-9-7-10(13)3-4-11(9)15-12/h3-4,7H,2,5-6,8,14H2,1H3. The maximum atomic E-state index is 13.0. The second kappa shape index (κ2) is 3.81. The van der Waals surface area contributed by atoms with E-state index in [0.717, 1.165) is 30.6 Å². The van der Waals surface area contributed by atoms with Crippen molar-refractivity contribution in [3.8, 4) is 5.75 Å². The van der Waals surface area contributed by atoms with Gasteiger partial charge in [0.25, 0.3) is 0 Å². The van der Waals surface area contributed by atoms with E-state index in [1.807, 2.05) is 0 Å². The highest BCUT2D eigenvalue weighted by Gasteiger charge is 2.34. The summed E-state index contributed by atoms with van der Waals surface area (Å²) in [5.41, 5.74) is 6.25. The topological polar surface area (TPSA) is 35.2 Å². The van der Waals surface area contributed by atoms with Gasteiger partial charge in [0.1, 0.15) is 17.2 Å². The molecule has 0 bridgehead atoms. The van der Waals surface area contributed by atoms with Gasteiger partial charge >= 0.3 is 0 Å². The van der Waals surface area contributed by atoms with Crippen molar-refractivity contribution in [1.29, 1.82) is 0 Å². The minimum absolute atomic E-state index is 0.194. The number of hydrogen-bond acceptors (Lipinski definition) is 2. The summed E-state index contributed by atoms with van der Waals surface area (Å²) in [6.45, 7) is 2.73. The molecule has 2 nitrogen and oxygen atoms in total. The summed E-state index contributed by atoms with van der Waals surface area (Å²) in [5.74, 6) is 0.622. The molecule has 2 N–H and O–H groups in total. The summed E-state index contributed by atoms with van der Waals surface area (Å²) >= 11 is 0. The molecule has 1 aromatic rings. The Morgan fingerprint density at radius 3 is 3.07 bits per heavy atom. The summed E-state index contributed by atoms with van der Waals surface area (Å²) in [6, 6.07) is 4.70. The Bertz CT molecular complexity index is 367. The maximum Gasteiger partial charge on any atom is 0.123 e. The molecule has 1 heterocycles. The quantitative estimate of drug-likeness (QED) is 0.828. The van der Waals surface area contributed by atoms with Crippen molar-refractivity contribution >= 4 is 0 Å². The molecule has 0 aromatic heterocycles. The molecule has 2 rings (SSSR count). The van der Waals surface area contributed by atoms with E-state index in [4.69, 9.17) is 10.5 Å². The molecule has 1 aromatic carbocycles. The molecule has 0 saturated carbocycles. The molecule has 15 heavy (non-hydrogen) atoms. The highest BCUT2D eigenvalue weighted by molar-refractivity contribution is 5.39. The fourth-order valence-corrected chi connectivity index (χ4v) is 2.11. The fourth-order valence-electron chi connectivity index (χ4n) is 2.11. The van der Waals surface area contributed by atoms with Crippen molar-refractivity contribution in [1.82, 2.24) is 0 Å². The van der Waals surface area contributed by atoms with Crippen molar-refractivity contribution in [3.63, 3.8) is 0 Å². The molecule has 3 heteroatoms. The van der Waals surface area contributed by atoms with E-state index >= 15 is 0 Å². The number of rotatable bonds is 3. The smallest absolute Gasteiger partial charge is 0.123 e. The summed E-state index contributed by atoms with van der Waals surface area (Å²) in [5, 5.41) is 0. The van der Waals surface area contributed by atoms with Crippen LogP contribution in [0.5, 0.6) is 5.75 Å². The first kappa shape index (κ1) is 10.4. The van der Waals surface area contributed by atoms with Crippen molar-refractivity contribution in [2.24, 2.45) is 5.73 Å². The van der Waals surface area contributed by atoms with Crippen LogP contribution >= 0.6 is 0 Å². The van der Waals surface area contributed by atoms with Gasteiger partial charge in [0, 0.05) is 12.0 Å². The van der Waals surface area contributed by atoms with Gasteiger partial charge in [-0.25, -0.2) is 4.39 Å². The molecule has 0 saturated heterocycles. The van der Waals surface area contributed by atoms with E-state index in [0.29, 0.717) is 6.54 Å². The van der Waals surface area contributed by atoms with Gasteiger partial charge in [-0.3, -0.25) is 0 Å². The van der Waals surface area contributed by atoms with Gasteiger partial charge in [0.05, 0.1) is 0 Å². The lowest BCUT2D eigenvalue weighted by Crippen LogP contribution is -2.30. The first-order valence-electron chi connectivity index (χ1n) is 5.30. The van der Waals surface area contributed by atoms with Gasteiger partial charge < -0.3 is 10.5 Å². The number of ether oxygens (including phenoxy) is 1. The van der Waals surface area contributed by atoms with E-state index < -0.39 is 0 Å². The third-order valence-electron chi connectivity index (χ3n) is 2.85. The van der Waals surface area contributed by atoms with Crippen LogP contribution in [0.3, 0.4) is 0 Å². The van der Waals surface area contributed by atoms with Crippen LogP contribution in [0.2, 0.25) is 0 Å². The number of halogens is 1. The fraction of sp³-hybridized carbons (Fsp3) is 0.500. The van der Waals surface area contributed by atoms with Gasteiger partial charge in [-0.05, 0) is 44.5 Å². The Morgan fingerprint density at radius 2 is 2.33 bits per heavy atom. The Morgan fingerprint density at radius 1 is 1.53 bits per heavy atom. The zero-order valence-electron chi connectivity index (χ0n) is 8.92. The predicted octanol–water partition coefficient (Wildman–Crippen LogP) is 2.26. The third kappa shape index (κ3) is 2.12. The van der Waals surface area contributed by atoms with Crippen LogP contribution in [-0.4, -0.2) is 12.1 Å². The molecule has 1 unspecified atom stereocenters. The summed E-state index contributed by atoms with van der Waals surface area (Å²) < 4.78 is 18.8. The molecule has 0 radical (unpaired) electrons. The lowest BCUT2D eigenvalue weighted by Gasteiger charge is -2.23. The van der Waals surface area contributed by atoms with Crippen molar-refractivity contribution < 1.29 is 9.13 Å². The zero-order chi connectivity index (χ0) is 10.9. The second-order valence-corrected chi connectivity index (χ2v) is 4.37. The first-order valence-corrected chi connectivity index (χ1v) is 5.30. The zero-order valence-corrected chi connectivity index (χ0v) is 8.92. The van der Waals surface area contributed by atoms with Crippen LogP contribution in [0, 0.1) is 5.82 Å². The van der Waals surface area contributed by atoms with Gasteiger partial charge in [-0.2, -0.15) is 0 Å². The lowest BCUT2D eigenvalue weighted by molar-refractivity contribution is 0.104. The van der Waals surface area contributed by atoms with Gasteiger partial charge in [0.2, 0.25) is 0 Å². The Balaban J connectivity index is 2.14. The highest BCUT2D eigenvalue weighted by atomic mass is 19.1. The van der Waals surface area contributed by atoms with E-state index in [2.05, 4.69) is 6.92 Å². The average molecular weight is 209 g/mol. The molecule has 0 aliphatic carbocycles. The van der Waals surface area contributed by atoms with Crippen LogP contribution < -0.4 is 10.5 Å². The molecule has 0 amide bonds. The van der Waals surface area contributed by atoms with Gasteiger partial charge in [-0.1, -0.05) is 0 Å².